The van der Waals surface area contributed by atoms with Crippen LogP contribution in [0.3, 0.4) is 0 Å². The van der Waals surface area contributed by atoms with Gasteiger partial charge in [-0.2, -0.15) is 0 Å². The number of hydrogen-bond donors (Lipinski definition) is 1. The van der Waals surface area contributed by atoms with Gasteiger partial charge in [0.1, 0.15) is 5.60 Å². The molecule has 0 saturated carbocycles. The molecule has 0 spiro atoms. The minimum Gasteiger partial charge on any atom is -0.471 e. The van der Waals surface area contributed by atoms with Gasteiger partial charge in [0.05, 0.1) is 6.54 Å². The summed E-state index contributed by atoms with van der Waals surface area (Å²) >= 11 is 0. The molecule has 0 radical (unpaired) electrons. The van der Waals surface area contributed by atoms with E-state index >= 15 is 0 Å². The Bertz CT molecular complexity index is 200. The molecule has 1 fully saturated rings. The predicted octanol–water partition coefficient (Wildman–Crippen LogP) is 2.05. The van der Waals surface area contributed by atoms with Gasteiger partial charge in [0.15, 0.2) is 5.88 Å². The van der Waals surface area contributed by atoms with Crippen LogP contribution in [0.15, 0.2) is 25.1 Å². The monoisotopic (exact) mass is 167 g/mol. The second-order valence-corrected chi connectivity index (χ2v) is 3.62. The lowest BCUT2D eigenvalue weighted by molar-refractivity contribution is 0.0194. The summed E-state index contributed by atoms with van der Waals surface area (Å²) in [5.74, 6) is 1.16. The average molecular weight is 167 g/mol. The van der Waals surface area contributed by atoms with Gasteiger partial charge >= 0.3 is 0 Å². The van der Waals surface area contributed by atoms with E-state index in [0.29, 0.717) is 11.8 Å². The molecule has 0 aromatic carbocycles. The van der Waals surface area contributed by atoms with Crippen LogP contribution in [0, 0.1) is 5.92 Å². The summed E-state index contributed by atoms with van der Waals surface area (Å²) in [5, 5.41) is 3.10. The Labute approximate surface area is 74.3 Å². The molecule has 2 nitrogen and oxygen atoms in total. The van der Waals surface area contributed by atoms with E-state index in [-0.39, 0.29) is 5.60 Å². The van der Waals surface area contributed by atoms with Crippen molar-refractivity contribution in [2.24, 2.45) is 5.92 Å². The van der Waals surface area contributed by atoms with Crippen molar-refractivity contribution in [1.29, 1.82) is 0 Å². The zero-order valence-corrected chi connectivity index (χ0v) is 7.89. The molecule has 68 valence electrons. The number of nitrogens with one attached hydrogen (secondary N) is 1. The van der Waals surface area contributed by atoms with Crippen molar-refractivity contribution in [1.82, 2.24) is 5.32 Å². The SMILES string of the molecule is C=CC[C@H](C)[C@@]1(C)CNC(=C)O1. The van der Waals surface area contributed by atoms with Crippen LogP contribution in [0.2, 0.25) is 0 Å². The summed E-state index contributed by atoms with van der Waals surface area (Å²) in [6.45, 7) is 12.6. The molecule has 1 aliphatic heterocycles. The number of hydrogen-bond acceptors (Lipinski definition) is 2. The van der Waals surface area contributed by atoms with Gasteiger partial charge in [-0.15, -0.1) is 6.58 Å². The van der Waals surface area contributed by atoms with Gasteiger partial charge in [-0.05, 0) is 19.9 Å². The normalized spacial score (nSPS) is 30.7. The minimum atomic E-state index is -0.106. The third kappa shape index (κ3) is 1.63. The summed E-state index contributed by atoms with van der Waals surface area (Å²) in [5.41, 5.74) is -0.106. The van der Waals surface area contributed by atoms with Crippen molar-refractivity contribution in [3.05, 3.63) is 25.1 Å². The third-order valence-electron chi connectivity index (χ3n) is 2.56. The first-order valence-electron chi connectivity index (χ1n) is 4.31. The first-order chi connectivity index (χ1) is 5.58. The highest BCUT2D eigenvalue weighted by atomic mass is 16.5. The predicted molar refractivity (Wildman–Crippen MR) is 50.6 cm³/mol. The zero-order valence-electron chi connectivity index (χ0n) is 7.89. The summed E-state index contributed by atoms with van der Waals surface area (Å²) in [7, 11) is 0. The molecule has 1 heterocycles. The van der Waals surface area contributed by atoms with Crippen LogP contribution in [0.5, 0.6) is 0 Å². The molecule has 1 saturated heterocycles. The zero-order chi connectivity index (χ0) is 9.19. The van der Waals surface area contributed by atoms with Gasteiger partial charge in [-0.25, -0.2) is 0 Å². The van der Waals surface area contributed by atoms with E-state index in [2.05, 4.69) is 32.3 Å². The maximum Gasteiger partial charge on any atom is 0.180 e. The van der Waals surface area contributed by atoms with E-state index in [4.69, 9.17) is 4.74 Å². The molecule has 0 aliphatic carbocycles. The van der Waals surface area contributed by atoms with Crippen LogP contribution in [0.25, 0.3) is 0 Å². The van der Waals surface area contributed by atoms with Crippen LogP contribution in [0.1, 0.15) is 20.3 Å². The van der Waals surface area contributed by atoms with Crippen molar-refractivity contribution in [2.75, 3.05) is 6.54 Å². The van der Waals surface area contributed by atoms with Gasteiger partial charge in [0, 0.05) is 5.92 Å². The summed E-state index contributed by atoms with van der Waals surface area (Å²) in [6.07, 6.45) is 2.91. The van der Waals surface area contributed by atoms with Crippen LogP contribution in [-0.4, -0.2) is 12.1 Å². The number of rotatable bonds is 3. The molecule has 0 bridgehead atoms. The average Bonchev–Trinajstić information content (AvgIpc) is 2.33. The first kappa shape index (κ1) is 9.17. The highest BCUT2D eigenvalue weighted by Crippen LogP contribution is 2.29. The fraction of sp³-hybridized carbons (Fsp3) is 0.600. The lowest BCUT2D eigenvalue weighted by Gasteiger charge is -2.28. The molecule has 0 unspecified atom stereocenters. The van der Waals surface area contributed by atoms with Crippen molar-refractivity contribution < 1.29 is 4.74 Å². The fourth-order valence-corrected chi connectivity index (χ4v) is 1.40. The molecule has 2 heteroatoms. The fourth-order valence-electron chi connectivity index (χ4n) is 1.40. The largest absolute Gasteiger partial charge is 0.471 e. The number of ether oxygens (including phenoxy) is 1. The molecule has 0 amide bonds. The first-order valence-corrected chi connectivity index (χ1v) is 4.31. The molecule has 1 rings (SSSR count). The van der Waals surface area contributed by atoms with Gasteiger partial charge in [-0.3, -0.25) is 0 Å². The maximum atomic E-state index is 5.61. The number of allylic oxidation sites excluding steroid dienone is 1. The van der Waals surface area contributed by atoms with Crippen molar-refractivity contribution in [2.45, 2.75) is 25.9 Å². The van der Waals surface area contributed by atoms with Crippen LogP contribution < -0.4 is 5.32 Å². The smallest absolute Gasteiger partial charge is 0.180 e. The van der Waals surface area contributed by atoms with Crippen LogP contribution >= 0.6 is 0 Å². The molecular formula is C10H17NO. The second kappa shape index (κ2) is 3.21. The summed E-state index contributed by atoms with van der Waals surface area (Å²) < 4.78 is 5.61. The van der Waals surface area contributed by atoms with Gasteiger partial charge in [-0.1, -0.05) is 13.0 Å². The van der Waals surface area contributed by atoms with Gasteiger partial charge < -0.3 is 10.1 Å². The van der Waals surface area contributed by atoms with Crippen molar-refractivity contribution in [3.8, 4) is 0 Å². The Morgan fingerprint density at radius 2 is 2.50 bits per heavy atom. The van der Waals surface area contributed by atoms with Gasteiger partial charge in [0.2, 0.25) is 0 Å². The Kier molecular flexibility index (Phi) is 2.46. The molecule has 1 aliphatic rings. The van der Waals surface area contributed by atoms with E-state index in [9.17, 15) is 0 Å². The van der Waals surface area contributed by atoms with E-state index in [0.717, 1.165) is 13.0 Å². The molecule has 1 N–H and O–H groups in total. The Morgan fingerprint density at radius 1 is 1.83 bits per heavy atom. The quantitative estimate of drug-likeness (QED) is 0.649. The van der Waals surface area contributed by atoms with Gasteiger partial charge in [0.25, 0.3) is 0 Å². The lowest BCUT2D eigenvalue weighted by atomic mass is 9.88. The van der Waals surface area contributed by atoms with Crippen LogP contribution in [-0.2, 0) is 4.74 Å². The third-order valence-corrected chi connectivity index (χ3v) is 2.56. The van der Waals surface area contributed by atoms with Crippen molar-refractivity contribution >= 4 is 0 Å². The molecular weight excluding hydrogens is 150 g/mol. The molecule has 0 aromatic heterocycles. The van der Waals surface area contributed by atoms with E-state index in [1.54, 1.807) is 0 Å². The molecule has 12 heavy (non-hydrogen) atoms. The van der Waals surface area contributed by atoms with E-state index in [1.807, 2.05) is 6.08 Å². The topological polar surface area (TPSA) is 21.3 Å². The standard InChI is InChI=1S/C10H17NO/c1-5-6-8(2)10(4)7-11-9(3)12-10/h5,8,11H,1,3,6-7H2,2,4H3/t8-,10+/m0/s1. The second-order valence-electron chi connectivity index (χ2n) is 3.62. The molecule has 0 aromatic rings. The Morgan fingerprint density at radius 3 is 2.92 bits per heavy atom. The summed E-state index contributed by atoms with van der Waals surface area (Å²) in [4.78, 5) is 0. The highest BCUT2D eigenvalue weighted by Gasteiger charge is 2.37. The van der Waals surface area contributed by atoms with Crippen LogP contribution in [0.4, 0.5) is 0 Å². The maximum absolute atomic E-state index is 5.61. The lowest BCUT2D eigenvalue weighted by Crippen LogP contribution is -2.36. The van der Waals surface area contributed by atoms with E-state index in [1.165, 1.54) is 0 Å². The van der Waals surface area contributed by atoms with Crippen molar-refractivity contribution in [3.63, 3.8) is 0 Å². The summed E-state index contributed by atoms with van der Waals surface area (Å²) in [6, 6.07) is 0. The molecule has 2 atom stereocenters. The Hall–Kier alpha value is -0.920. The minimum absolute atomic E-state index is 0.106. The Balaban J connectivity index is 2.59. The highest BCUT2D eigenvalue weighted by molar-refractivity contribution is 5.00. The van der Waals surface area contributed by atoms with E-state index < -0.39 is 0 Å².